The van der Waals surface area contributed by atoms with Crippen molar-refractivity contribution in [2.45, 2.75) is 194 Å². The molecule has 0 unspecified atom stereocenters. The van der Waals surface area contributed by atoms with Crippen molar-refractivity contribution in [1.82, 2.24) is 0 Å². The van der Waals surface area contributed by atoms with Crippen LogP contribution in [-0.2, 0) is 37.9 Å². The Kier molecular flexibility index (Phi) is 9.19. The lowest BCUT2D eigenvalue weighted by Gasteiger charge is -2.46. The van der Waals surface area contributed by atoms with Gasteiger partial charge in [0.1, 0.15) is 0 Å². The molecule has 11 rings (SSSR count). The molecule has 0 amide bonds. The molecule has 0 spiro atoms. The quantitative estimate of drug-likeness (QED) is 0.160. The normalized spacial score (nSPS) is 21.1. The number of thiophene rings is 1. The van der Waals surface area contributed by atoms with E-state index in [1.54, 1.807) is 11.1 Å². The van der Waals surface area contributed by atoms with E-state index >= 15 is 0 Å². The molecule has 66 heavy (non-hydrogen) atoms. The van der Waals surface area contributed by atoms with Crippen molar-refractivity contribution in [3.05, 3.63) is 123 Å². The zero-order chi connectivity index (χ0) is 47.2. The van der Waals surface area contributed by atoms with E-state index in [0.717, 1.165) is 0 Å². The summed E-state index contributed by atoms with van der Waals surface area (Å²) in [6.45, 7) is 41.7. The van der Waals surface area contributed by atoms with Crippen molar-refractivity contribution in [3.63, 3.8) is 0 Å². The number of benzene rings is 5. The molecule has 1 aromatic heterocycles. The Labute approximate surface area is 402 Å². The van der Waals surface area contributed by atoms with Gasteiger partial charge in [0.25, 0.3) is 6.71 Å². The minimum absolute atomic E-state index is 0.00772. The third-order valence-electron chi connectivity index (χ3n) is 18.2. The van der Waals surface area contributed by atoms with E-state index in [4.69, 9.17) is 0 Å². The zero-order valence-electron chi connectivity index (χ0n) is 43.6. The van der Waals surface area contributed by atoms with Gasteiger partial charge in [-0.25, -0.2) is 0 Å². The Morgan fingerprint density at radius 1 is 0.470 bits per heavy atom. The molecule has 0 bridgehead atoms. The zero-order valence-corrected chi connectivity index (χ0v) is 44.4. The van der Waals surface area contributed by atoms with Crippen LogP contribution in [0.1, 0.15) is 192 Å². The molecule has 342 valence electrons. The first-order chi connectivity index (χ1) is 30.6. The number of nitrogens with zero attached hydrogens (tertiary/aromatic N) is 2. The molecule has 2 aliphatic heterocycles. The van der Waals surface area contributed by atoms with Gasteiger partial charge in [-0.2, -0.15) is 0 Å². The van der Waals surface area contributed by atoms with Crippen molar-refractivity contribution >= 4 is 78.0 Å². The van der Waals surface area contributed by atoms with Gasteiger partial charge in [0.2, 0.25) is 0 Å². The van der Waals surface area contributed by atoms with E-state index in [9.17, 15) is 0 Å². The first kappa shape index (κ1) is 44.2. The van der Waals surface area contributed by atoms with E-state index < -0.39 is 0 Å². The minimum atomic E-state index is -0.00772. The summed E-state index contributed by atoms with van der Waals surface area (Å²) in [4.78, 5) is 5.44. The maximum atomic E-state index is 2.73. The summed E-state index contributed by atoms with van der Waals surface area (Å²) >= 11 is 2.04. The first-order valence-electron chi connectivity index (χ1n) is 25.4. The Morgan fingerprint density at radius 3 is 1.55 bits per heavy atom. The standard InChI is InChI=1S/C62H75BN2S/c1-36-28-50-54-51(29-36)65(49-34-45-42(30-37(49)2)58(8,9)24-26-61(45,14)15)48-21-18-38(56(3,4)5)31-47(48)63(54)53-40-33-44-46(62(16,17)27-25-60(44,12)13)35-52(40)66-55(53)64(50)39-19-20-41-43(32-39)59(10,11)23-22-57(41,6)7/h18-21,28-35H,22-27H2,1-17H3. The summed E-state index contributed by atoms with van der Waals surface area (Å²) in [5.41, 5.74) is 24.9. The number of rotatable bonds is 2. The Morgan fingerprint density at radius 2 is 0.970 bits per heavy atom. The van der Waals surface area contributed by atoms with Gasteiger partial charge < -0.3 is 9.80 Å². The number of anilines is 6. The maximum absolute atomic E-state index is 2.73. The van der Waals surface area contributed by atoms with Crippen LogP contribution in [0.2, 0.25) is 0 Å². The molecular weight excluding hydrogens is 816 g/mol. The molecule has 6 aromatic rings. The summed E-state index contributed by atoms with van der Waals surface area (Å²) in [7, 11) is 0. The van der Waals surface area contributed by atoms with E-state index in [0.29, 0.717) is 0 Å². The fourth-order valence-corrected chi connectivity index (χ4v) is 14.7. The molecule has 3 heterocycles. The third kappa shape index (κ3) is 6.31. The van der Waals surface area contributed by atoms with Gasteiger partial charge >= 0.3 is 0 Å². The molecule has 0 N–H and O–H groups in total. The predicted octanol–water partition coefficient (Wildman–Crippen LogP) is 15.9. The summed E-state index contributed by atoms with van der Waals surface area (Å²) in [6, 6.07) is 30.7. The van der Waals surface area contributed by atoms with Crippen molar-refractivity contribution in [2.75, 3.05) is 9.80 Å². The third-order valence-corrected chi connectivity index (χ3v) is 19.3. The molecule has 2 nitrogen and oxygen atoms in total. The van der Waals surface area contributed by atoms with Gasteiger partial charge in [0.05, 0.1) is 5.00 Å². The highest BCUT2D eigenvalue weighted by Gasteiger charge is 2.48. The van der Waals surface area contributed by atoms with Gasteiger partial charge in [0.15, 0.2) is 0 Å². The van der Waals surface area contributed by atoms with Gasteiger partial charge in [0, 0.05) is 33.1 Å². The highest BCUT2D eigenvalue weighted by molar-refractivity contribution is 7.26. The lowest BCUT2D eigenvalue weighted by molar-refractivity contribution is 0.332. The molecule has 0 radical (unpaired) electrons. The fourth-order valence-electron chi connectivity index (χ4n) is 13.4. The lowest BCUT2D eigenvalue weighted by Crippen LogP contribution is -2.61. The molecule has 0 saturated carbocycles. The fraction of sp³-hybridized carbons (Fsp3) is 0.484. The second-order valence-corrected chi connectivity index (χ2v) is 27.8. The summed E-state index contributed by atoms with van der Waals surface area (Å²) in [5.74, 6) is 0. The molecule has 0 saturated heterocycles. The van der Waals surface area contributed by atoms with Gasteiger partial charge in [-0.15, -0.1) is 11.3 Å². The summed E-state index contributed by atoms with van der Waals surface area (Å²) < 4.78 is 1.42. The van der Waals surface area contributed by atoms with E-state index in [2.05, 4.69) is 200 Å². The minimum Gasteiger partial charge on any atom is -0.311 e. The Balaban J connectivity index is 1.27. The van der Waals surface area contributed by atoms with Crippen LogP contribution in [0.3, 0.4) is 0 Å². The Hall–Kier alpha value is -4.28. The number of aryl methyl sites for hydroxylation is 2. The average molecular weight is 891 g/mol. The van der Waals surface area contributed by atoms with Crippen LogP contribution in [0.4, 0.5) is 33.4 Å². The van der Waals surface area contributed by atoms with Crippen LogP contribution in [0.25, 0.3) is 10.1 Å². The van der Waals surface area contributed by atoms with Crippen molar-refractivity contribution in [3.8, 4) is 0 Å². The molecular formula is C62H75BN2S. The predicted molar refractivity (Wildman–Crippen MR) is 290 cm³/mol. The monoisotopic (exact) mass is 891 g/mol. The van der Waals surface area contributed by atoms with E-state index in [1.165, 1.54) is 137 Å². The summed E-state index contributed by atoms with van der Waals surface area (Å²) in [5, 5.41) is 2.83. The van der Waals surface area contributed by atoms with E-state index in [1.807, 2.05) is 11.3 Å². The molecule has 5 aromatic carbocycles. The molecule has 5 aliphatic rings. The van der Waals surface area contributed by atoms with Gasteiger partial charge in [-0.1, -0.05) is 128 Å². The van der Waals surface area contributed by atoms with Crippen LogP contribution in [-0.4, -0.2) is 6.71 Å². The highest BCUT2D eigenvalue weighted by atomic mass is 32.1. The summed E-state index contributed by atoms with van der Waals surface area (Å²) in [6.07, 6.45) is 7.22. The maximum Gasteiger partial charge on any atom is 0.254 e. The van der Waals surface area contributed by atoms with Crippen molar-refractivity contribution < 1.29 is 0 Å². The van der Waals surface area contributed by atoms with Gasteiger partial charge in [-0.3, -0.25) is 0 Å². The molecule has 0 atom stereocenters. The first-order valence-corrected chi connectivity index (χ1v) is 26.2. The van der Waals surface area contributed by atoms with Crippen LogP contribution >= 0.6 is 11.3 Å². The number of fused-ring (bicyclic) bond motifs is 9. The Bertz CT molecular complexity index is 3070. The largest absolute Gasteiger partial charge is 0.311 e. The topological polar surface area (TPSA) is 6.48 Å². The average Bonchev–Trinajstić information content (AvgIpc) is 3.60. The smallest absolute Gasteiger partial charge is 0.254 e. The molecule has 0 fully saturated rings. The van der Waals surface area contributed by atoms with Crippen LogP contribution < -0.4 is 26.2 Å². The molecule has 4 heteroatoms. The SMILES string of the molecule is Cc1cc2c3c(c1)N(c1ccc4c(c1)C(C)(C)CCC4(C)C)c1sc4cc5c(cc4c1B3c1cc(C(C)(C)C)ccc1N2c1cc2c(cc1C)C(C)(C)CCC2(C)C)C(C)(C)CCC5(C)C. The second kappa shape index (κ2) is 13.7. The van der Waals surface area contributed by atoms with Crippen LogP contribution in [0.15, 0.2) is 72.8 Å². The number of hydrogen-bond acceptors (Lipinski definition) is 3. The van der Waals surface area contributed by atoms with Crippen molar-refractivity contribution in [2.24, 2.45) is 0 Å². The van der Waals surface area contributed by atoms with Crippen LogP contribution in [0.5, 0.6) is 0 Å². The second-order valence-electron chi connectivity index (χ2n) is 26.8. The molecule has 3 aliphatic carbocycles. The number of hydrogen-bond donors (Lipinski definition) is 0. The lowest BCUT2D eigenvalue weighted by atomic mass is 9.33. The van der Waals surface area contributed by atoms with Crippen molar-refractivity contribution in [1.29, 1.82) is 0 Å². The van der Waals surface area contributed by atoms with Crippen LogP contribution in [0, 0.1) is 13.8 Å². The van der Waals surface area contributed by atoms with E-state index in [-0.39, 0.29) is 44.6 Å². The van der Waals surface area contributed by atoms with Gasteiger partial charge in [-0.05, 0) is 211 Å². The highest BCUT2D eigenvalue weighted by Crippen LogP contribution is 2.55.